The van der Waals surface area contributed by atoms with Crippen molar-refractivity contribution in [1.29, 1.82) is 0 Å². The molecule has 2 aromatic rings. The molecule has 0 spiro atoms. The van der Waals surface area contributed by atoms with Crippen molar-refractivity contribution < 1.29 is 39.7 Å². The molecule has 0 saturated carbocycles. The van der Waals surface area contributed by atoms with Gasteiger partial charge in [-0.25, -0.2) is 0 Å². The number of aliphatic hydroxyl groups excluding tert-OH is 4. The SMILES string of the molecule is COc1ccc(Cc2c(O[C@]3(O)O[C@H](CO)[C@@H](O)[C@H](O)[C@H]3O)nn(C(C)C)c2C)c(Cl)c1. The predicted molar refractivity (Wildman–Crippen MR) is 114 cm³/mol. The molecule has 0 bridgehead atoms. The Morgan fingerprint density at radius 2 is 1.94 bits per heavy atom. The lowest BCUT2D eigenvalue weighted by Gasteiger charge is -2.43. The van der Waals surface area contributed by atoms with Crippen LogP contribution in [0.3, 0.4) is 0 Å². The number of benzene rings is 1. The van der Waals surface area contributed by atoms with Gasteiger partial charge < -0.3 is 39.7 Å². The molecule has 0 radical (unpaired) electrons. The molecule has 1 aliphatic rings. The topological polar surface area (TPSA) is 147 Å². The van der Waals surface area contributed by atoms with Crippen LogP contribution in [0.1, 0.15) is 36.7 Å². The minimum absolute atomic E-state index is 0.0510. The fourth-order valence-electron chi connectivity index (χ4n) is 3.65. The van der Waals surface area contributed by atoms with Crippen molar-refractivity contribution in [3.63, 3.8) is 0 Å². The summed E-state index contributed by atoms with van der Waals surface area (Å²) in [5.41, 5.74) is 2.04. The van der Waals surface area contributed by atoms with Gasteiger partial charge in [0.25, 0.3) is 0 Å². The summed E-state index contributed by atoms with van der Waals surface area (Å²) in [5.74, 6) is -2.21. The number of rotatable bonds is 7. The van der Waals surface area contributed by atoms with Gasteiger partial charge in [-0.2, -0.15) is 0 Å². The second-order valence-corrected chi connectivity index (χ2v) is 8.45. The van der Waals surface area contributed by atoms with Crippen molar-refractivity contribution in [2.24, 2.45) is 0 Å². The molecule has 11 heteroatoms. The molecule has 3 rings (SSSR count). The monoisotopic (exact) mass is 472 g/mol. The Kier molecular flexibility index (Phi) is 7.35. The molecule has 1 fully saturated rings. The summed E-state index contributed by atoms with van der Waals surface area (Å²) in [6.45, 7) is 4.93. The fraction of sp³-hybridized carbons (Fsp3) is 0.571. The maximum atomic E-state index is 10.9. The largest absolute Gasteiger partial charge is 0.497 e. The van der Waals surface area contributed by atoms with Crippen LogP contribution in [0, 0.1) is 6.92 Å². The summed E-state index contributed by atoms with van der Waals surface area (Å²) in [6, 6.07) is 5.17. The highest BCUT2D eigenvalue weighted by Gasteiger charge is 2.55. The molecule has 1 aliphatic heterocycles. The summed E-state index contributed by atoms with van der Waals surface area (Å²) in [7, 11) is 1.54. The van der Waals surface area contributed by atoms with Gasteiger partial charge in [0.2, 0.25) is 5.88 Å². The van der Waals surface area contributed by atoms with Crippen LogP contribution in [0.5, 0.6) is 11.6 Å². The highest BCUT2D eigenvalue weighted by atomic mass is 35.5. The highest BCUT2D eigenvalue weighted by Crippen LogP contribution is 2.35. The van der Waals surface area contributed by atoms with Crippen molar-refractivity contribution in [2.75, 3.05) is 13.7 Å². The van der Waals surface area contributed by atoms with E-state index in [0.717, 1.165) is 11.3 Å². The number of halogens is 1. The van der Waals surface area contributed by atoms with Crippen LogP contribution in [-0.4, -0.2) is 79.4 Å². The summed E-state index contributed by atoms with van der Waals surface area (Å²) in [4.78, 5) is 0. The molecule has 5 N–H and O–H groups in total. The van der Waals surface area contributed by atoms with Crippen LogP contribution >= 0.6 is 11.6 Å². The Hall–Kier alpha value is -1.92. The third-order valence-electron chi connectivity index (χ3n) is 5.52. The standard InChI is InChI=1S/C21H29ClN2O8/c1-10(2)24-11(3)14(7-12-5-6-13(30-4)8-15(12)22)20(23-24)32-21(29)19(28)18(27)17(26)16(9-25)31-21/h5-6,8,10,16-19,25-29H,7,9H2,1-4H3/t16-,17-,18+,19-,21-/m1/s1. The Bertz CT molecular complexity index is 950. The van der Waals surface area contributed by atoms with Crippen LogP contribution in [0.15, 0.2) is 18.2 Å². The summed E-state index contributed by atoms with van der Waals surface area (Å²) < 4.78 is 17.7. The molecule has 1 aromatic carbocycles. The Labute approximate surface area is 190 Å². The molecule has 0 aliphatic carbocycles. The third kappa shape index (κ3) is 4.58. The first-order chi connectivity index (χ1) is 15.0. The number of hydrogen-bond acceptors (Lipinski definition) is 9. The van der Waals surface area contributed by atoms with Gasteiger partial charge in [0.1, 0.15) is 24.1 Å². The zero-order valence-electron chi connectivity index (χ0n) is 18.3. The summed E-state index contributed by atoms with van der Waals surface area (Å²) in [5, 5.41) is 55.6. The van der Waals surface area contributed by atoms with E-state index >= 15 is 0 Å². The smallest absolute Gasteiger partial charge is 0.356 e. The minimum Gasteiger partial charge on any atom is -0.497 e. The quantitative estimate of drug-likeness (QED) is 0.364. The summed E-state index contributed by atoms with van der Waals surface area (Å²) in [6.07, 6.45) is -6.57. The van der Waals surface area contributed by atoms with E-state index in [9.17, 15) is 25.5 Å². The Morgan fingerprint density at radius 3 is 2.50 bits per heavy atom. The maximum absolute atomic E-state index is 10.9. The lowest BCUT2D eigenvalue weighted by molar-refractivity contribution is -0.423. The van der Waals surface area contributed by atoms with Crippen molar-refractivity contribution in [3.05, 3.63) is 40.0 Å². The van der Waals surface area contributed by atoms with Gasteiger partial charge in [-0.1, -0.05) is 17.7 Å². The molecular formula is C21H29ClN2O8. The van der Waals surface area contributed by atoms with E-state index in [1.54, 1.807) is 22.9 Å². The molecular weight excluding hydrogens is 444 g/mol. The lowest BCUT2D eigenvalue weighted by atomic mass is 9.98. The number of hydrogen-bond donors (Lipinski definition) is 5. The zero-order valence-corrected chi connectivity index (χ0v) is 19.0. The van der Waals surface area contributed by atoms with E-state index in [1.807, 2.05) is 20.8 Å². The molecule has 10 nitrogen and oxygen atoms in total. The van der Waals surface area contributed by atoms with E-state index in [4.69, 9.17) is 25.8 Å². The first kappa shape index (κ1) is 24.7. The van der Waals surface area contributed by atoms with Gasteiger partial charge in [0, 0.05) is 28.7 Å². The number of aromatic nitrogens is 2. The minimum atomic E-state index is -2.76. The molecule has 32 heavy (non-hydrogen) atoms. The second kappa shape index (κ2) is 9.52. The summed E-state index contributed by atoms with van der Waals surface area (Å²) >= 11 is 6.40. The zero-order chi connectivity index (χ0) is 23.8. The number of aliphatic hydroxyl groups is 5. The van der Waals surface area contributed by atoms with Crippen molar-refractivity contribution >= 4 is 11.6 Å². The van der Waals surface area contributed by atoms with Gasteiger partial charge in [-0.15, -0.1) is 5.10 Å². The maximum Gasteiger partial charge on any atom is 0.356 e. The van der Waals surface area contributed by atoms with E-state index in [2.05, 4.69) is 5.10 Å². The normalized spacial score (nSPS) is 28.2. The first-order valence-corrected chi connectivity index (χ1v) is 10.5. The Balaban J connectivity index is 2.00. The molecule has 0 unspecified atom stereocenters. The number of methoxy groups -OCH3 is 1. The van der Waals surface area contributed by atoms with Crippen LogP contribution in [0.4, 0.5) is 0 Å². The van der Waals surface area contributed by atoms with Gasteiger partial charge in [0.05, 0.1) is 13.7 Å². The highest BCUT2D eigenvalue weighted by molar-refractivity contribution is 6.31. The van der Waals surface area contributed by atoms with Gasteiger partial charge in [-0.05, 0) is 38.5 Å². The number of nitrogens with zero attached hydrogens (tertiary/aromatic N) is 2. The molecule has 1 aromatic heterocycles. The molecule has 178 valence electrons. The van der Waals surface area contributed by atoms with E-state index in [1.165, 1.54) is 7.11 Å². The third-order valence-corrected chi connectivity index (χ3v) is 5.88. The van der Waals surface area contributed by atoms with Crippen molar-refractivity contribution in [2.45, 2.75) is 63.6 Å². The van der Waals surface area contributed by atoms with E-state index in [0.29, 0.717) is 16.3 Å². The predicted octanol–water partition coefficient (Wildman–Crippen LogP) is 0.524. The molecule has 0 amide bonds. The van der Waals surface area contributed by atoms with Gasteiger partial charge >= 0.3 is 5.97 Å². The van der Waals surface area contributed by atoms with Crippen molar-refractivity contribution in [3.8, 4) is 11.6 Å². The Morgan fingerprint density at radius 1 is 1.25 bits per heavy atom. The second-order valence-electron chi connectivity index (χ2n) is 8.04. The average Bonchev–Trinajstić information content (AvgIpc) is 3.06. The van der Waals surface area contributed by atoms with E-state index in [-0.39, 0.29) is 18.3 Å². The first-order valence-electron chi connectivity index (χ1n) is 10.2. The van der Waals surface area contributed by atoms with Gasteiger partial charge in [0.15, 0.2) is 6.10 Å². The van der Waals surface area contributed by atoms with Gasteiger partial charge in [-0.3, -0.25) is 4.68 Å². The van der Waals surface area contributed by atoms with E-state index < -0.39 is 37.0 Å². The van der Waals surface area contributed by atoms with Crippen LogP contribution in [0.25, 0.3) is 0 Å². The van der Waals surface area contributed by atoms with Crippen LogP contribution < -0.4 is 9.47 Å². The molecule has 5 atom stereocenters. The fourth-order valence-corrected chi connectivity index (χ4v) is 3.89. The average molecular weight is 473 g/mol. The van der Waals surface area contributed by atoms with Crippen LogP contribution in [0.2, 0.25) is 5.02 Å². The van der Waals surface area contributed by atoms with Crippen LogP contribution in [-0.2, 0) is 11.2 Å². The number of ether oxygens (including phenoxy) is 3. The van der Waals surface area contributed by atoms with Crippen molar-refractivity contribution in [1.82, 2.24) is 9.78 Å². The lowest BCUT2D eigenvalue weighted by Crippen LogP contribution is -2.67. The molecule has 1 saturated heterocycles. The molecule has 2 heterocycles.